The number of hydrogen-bond donors (Lipinski definition) is 1. The van der Waals surface area contributed by atoms with Gasteiger partial charge in [0.25, 0.3) is 0 Å². The van der Waals surface area contributed by atoms with Crippen LogP contribution in [0.3, 0.4) is 0 Å². The summed E-state index contributed by atoms with van der Waals surface area (Å²) in [7, 11) is -1.98. The molecular formula is C17H18BrNO3S. The van der Waals surface area contributed by atoms with E-state index >= 15 is 0 Å². The number of ether oxygens (including phenoxy) is 1. The average Bonchev–Trinajstić information content (AvgIpc) is 3.15. The monoisotopic (exact) mass is 395 g/mol. The molecule has 6 heteroatoms. The van der Waals surface area contributed by atoms with Crippen molar-refractivity contribution in [3.05, 3.63) is 64.6 Å². The maximum atomic E-state index is 13.0. The van der Waals surface area contributed by atoms with Crippen molar-refractivity contribution in [3.8, 4) is 0 Å². The summed E-state index contributed by atoms with van der Waals surface area (Å²) in [4.78, 5) is 0.301. The second kappa shape index (κ2) is 6.02. The van der Waals surface area contributed by atoms with Gasteiger partial charge in [-0.1, -0.05) is 46.3 Å². The van der Waals surface area contributed by atoms with Crippen molar-refractivity contribution in [1.29, 1.82) is 0 Å². The maximum absolute atomic E-state index is 13.0. The van der Waals surface area contributed by atoms with Crippen LogP contribution in [0.2, 0.25) is 0 Å². The Morgan fingerprint density at radius 3 is 2.30 bits per heavy atom. The second-order valence-corrected chi connectivity index (χ2v) is 8.84. The Morgan fingerprint density at radius 1 is 1.13 bits per heavy atom. The van der Waals surface area contributed by atoms with Gasteiger partial charge in [0.2, 0.25) is 0 Å². The molecule has 0 unspecified atom stereocenters. The van der Waals surface area contributed by atoms with Crippen LogP contribution in [0.25, 0.3) is 0 Å². The average molecular weight is 396 g/mol. The number of rotatable bonds is 5. The topological polar surface area (TPSA) is 69.4 Å². The van der Waals surface area contributed by atoms with Crippen LogP contribution in [0, 0.1) is 0 Å². The van der Waals surface area contributed by atoms with Gasteiger partial charge in [0.1, 0.15) is 0 Å². The molecule has 2 aromatic carbocycles. The summed E-state index contributed by atoms with van der Waals surface area (Å²) in [6, 6.07) is 16.1. The van der Waals surface area contributed by atoms with Gasteiger partial charge < -0.3 is 10.5 Å². The molecule has 1 aliphatic carbocycles. The molecule has 0 heterocycles. The highest BCUT2D eigenvalue weighted by molar-refractivity contribution is 9.10. The predicted octanol–water partition coefficient (Wildman–Crippen LogP) is 2.73. The van der Waals surface area contributed by atoms with E-state index in [1.54, 1.807) is 30.3 Å². The van der Waals surface area contributed by atoms with Crippen LogP contribution < -0.4 is 5.73 Å². The molecule has 0 spiro atoms. The van der Waals surface area contributed by atoms with Crippen molar-refractivity contribution in [2.24, 2.45) is 5.73 Å². The maximum Gasteiger partial charge on any atom is 0.183 e. The van der Waals surface area contributed by atoms with Crippen LogP contribution in [0.1, 0.15) is 11.5 Å². The Bertz CT molecular complexity index is 792. The summed E-state index contributed by atoms with van der Waals surface area (Å²) < 4.78 is 32.1. The van der Waals surface area contributed by atoms with Gasteiger partial charge in [-0.05, 0) is 29.8 Å². The Kier molecular flexibility index (Phi) is 4.35. The summed E-state index contributed by atoms with van der Waals surface area (Å²) in [6.45, 7) is 0.199. The number of nitrogens with two attached hydrogens (primary N) is 1. The molecule has 2 N–H and O–H groups in total. The van der Waals surface area contributed by atoms with Gasteiger partial charge in [0.15, 0.2) is 9.84 Å². The van der Waals surface area contributed by atoms with Gasteiger partial charge in [0, 0.05) is 17.5 Å². The van der Waals surface area contributed by atoms with E-state index in [-0.39, 0.29) is 12.5 Å². The summed E-state index contributed by atoms with van der Waals surface area (Å²) in [5, 5.41) is -0.682. The molecule has 23 heavy (non-hydrogen) atoms. The number of methoxy groups -OCH3 is 1. The van der Waals surface area contributed by atoms with Gasteiger partial charge >= 0.3 is 0 Å². The van der Waals surface area contributed by atoms with Crippen LogP contribution in [0.15, 0.2) is 64.0 Å². The summed E-state index contributed by atoms with van der Waals surface area (Å²) in [5.41, 5.74) is 6.43. The lowest BCUT2D eigenvalue weighted by atomic mass is 10.1. The Morgan fingerprint density at radius 2 is 1.74 bits per heavy atom. The molecule has 0 aliphatic heterocycles. The van der Waals surface area contributed by atoms with E-state index in [0.29, 0.717) is 4.90 Å². The number of hydrogen-bond acceptors (Lipinski definition) is 4. The fraction of sp³-hybridized carbons (Fsp3) is 0.294. The number of benzene rings is 2. The van der Waals surface area contributed by atoms with Crippen molar-refractivity contribution in [1.82, 2.24) is 0 Å². The van der Waals surface area contributed by atoms with E-state index in [1.165, 1.54) is 7.11 Å². The molecule has 3 rings (SSSR count). The molecule has 0 radical (unpaired) electrons. The molecule has 1 aliphatic rings. The minimum Gasteiger partial charge on any atom is -0.383 e. The third-order valence-electron chi connectivity index (χ3n) is 4.33. The Labute approximate surface area is 144 Å². The lowest BCUT2D eigenvalue weighted by Gasteiger charge is -2.11. The molecule has 0 amide bonds. The van der Waals surface area contributed by atoms with E-state index in [0.717, 1.165) is 10.0 Å². The van der Waals surface area contributed by atoms with Crippen LogP contribution in [-0.4, -0.2) is 32.9 Å². The zero-order valence-electron chi connectivity index (χ0n) is 12.6. The molecule has 0 saturated heterocycles. The van der Waals surface area contributed by atoms with Gasteiger partial charge in [-0.25, -0.2) is 8.42 Å². The zero-order chi connectivity index (χ0) is 16.7. The first kappa shape index (κ1) is 16.6. The molecule has 2 aromatic rings. The first-order chi connectivity index (χ1) is 10.9. The molecule has 0 aromatic heterocycles. The predicted molar refractivity (Wildman–Crippen MR) is 93.1 cm³/mol. The quantitative estimate of drug-likeness (QED) is 0.844. The summed E-state index contributed by atoms with van der Waals surface area (Å²) in [6.07, 6.45) is 0. The lowest BCUT2D eigenvalue weighted by molar-refractivity contribution is 0.171. The smallest absolute Gasteiger partial charge is 0.183 e. The van der Waals surface area contributed by atoms with Crippen LogP contribution in [0.4, 0.5) is 0 Å². The van der Waals surface area contributed by atoms with Crippen LogP contribution >= 0.6 is 15.9 Å². The first-order valence-electron chi connectivity index (χ1n) is 7.23. The molecule has 1 fully saturated rings. The molecule has 4 nitrogen and oxygen atoms in total. The first-order valence-corrected chi connectivity index (χ1v) is 9.57. The minimum absolute atomic E-state index is 0.199. The highest BCUT2D eigenvalue weighted by Crippen LogP contribution is 2.55. The zero-order valence-corrected chi connectivity index (χ0v) is 15.0. The highest BCUT2D eigenvalue weighted by atomic mass is 79.9. The third kappa shape index (κ3) is 2.85. The highest BCUT2D eigenvalue weighted by Gasteiger charge is 2.69. The van der Waals surface area contributed by atoms with Gasteiger partial charge in [-0.3, -0.25) is 0 Å². The van der Waals surface area contributed by atoms with E-state index < -0.39 is 20.6 Å². The molecule has 3 atom stereocenters. The van der Waals surface area contributed by atoms with Crippen LogP contribution in [-0.2, 0) is 14.6 Å². The number of halogens is 1. The van der Waals surface area contributed by atoms with Crippen molar-refractivity contribution in [3.63, 3.8) is 0 Å². The Balaban J connectivity index is 2.01. The van der Waals surface area contributed by atoms with Crippen molar-refractivity contribution < 1.29 is 13.2 Å². The molecule has 1 saturated carbocycles. The minimum atomic E-state index is -3.52. The fourth-order valence-electron chi connectivity index (χ4n) is 3.22. The lowest BCUT2D eigenvalue weighted by Crippen LogP contribution is -2.35. The van der Waals surface area contributed by atoms with E-state index in [1.807, 2.05) is 24.3 Å². The standard InChI is InChI=1S/C17H18BrNO3S/c1-22-11-17(19)15(12-7-9-13(18)10-8-12)16(17)23(20,21)14-5-3-2-4-6-14/h2-10,15-16H,11,19H2,1H3/t15-,16+,17+/m1/s1. The summed E-state index contributed by atoms with van der Waals surface area (Å²) in [5.74, 6) is -0.277. The SMILES string of the molecule is COC[C@]1(N)[C@H](c2ccc(Br)cc2)[C@@H]1S(=O)(=O)c1ccccc1. The van der Waals surface area contributed by atoms with Gasteiger partial charge in [0.05, 0.1) is 22.3 Å². The molecular weight excluding hydrogens is 378 g/mol. The fourth-order valence-corrected chi connectivity index (χ4v) is 5.80. The van der Waals surface area contributed by atoms with Crippen molar-refractivity contribution in [2.45, 2.75) is 21.6 Å². The van der Waals surface area contributed by atoms with Crippen molar-refractivity contribution in [2.75, 3.05) is 13.7 Å². The second-order valence-electron chi connectivity index (χ2n) is 5.85. The Hall–Kier alpha value is -1.21. The summed E-state index contributed by atoms with van der Waals surface area (Å²) >= 11 is 3.39. The third-order valence-corrected chi connectivity index (χ3v) is 7.17. The van der Waals surface area contributed by atoms with Crippen LogP contribution in [0.5, 0.6) is 0 Å². The molecule has 122 valence electrons. The largest absolute Gasteiger partial charge is 0.383 e. The van der Waals surface area contributed by atoms with Gasteiger partial charge in [-0.2, -0.15) is 0 Å². The normalized spacial score (nSPS) is 26.9. The van der Waals surface area contributed by atoms with Crippen molar-refractivity contribution >= 4 is 25.8 Å². The number of sulfone groups is 1. The molecule has 0 bridgehead atoms. The van der Waals surface area contributed by atoms with Gasteiger partial charge in [-0.15, -0.1) is 0 Å². The van der Waals surface area contributed by atoms with E-state index in [9.17, 15) is 8.42 Å². The van der Waals surface area contributed by atoms with E-state index in [2.05, 4.69) is 15.9 Å². The van der Waals surface area contributed by atoms with E-state index in [4.69, 9.17) is 10.5 Å².